The first-order valence-corrected chi connectivity index (χ1v) is 13.1. The van der Waals surface area contributed by atoms with Crippen LogP contribution in [0.25, 0.3) is 15.7 Å². The van der Waals surface area contributed by atoms with Gasteiger partial charge in [0.15, 0.2) is 0 Å². The van der Waals surface area contributed by atoms with E-state index in [0.717, 1.165) is 37.9 Å². The van der Waals surface area contributed by atoms with Crippen molar-refractivity contribution in [2.24, 2.45) is 0 Å². The van der Waals surface area contributed by atoms with Crippen molar-refractivity contribution in [1.29, 1.82) is 0 Å². The molecule has 4 aromatic carbocycles. The Kier molecular flexibility index (Phi) is 6.09. The molecule has 0 radical (unpaired) electrons. The Hall–Kier alpha value is -3.83. The van der Waals surface area contributed by atoms with Gasteiger partial charge in [0.2, 0.25) is 0 Å². The van der Waals surface area contributed by atoms with Crippen molar-refractivity contribution in [2.45, 2.75) is 19.1 Å². The Balaban J connectivity index is 1.56. The molecule has 0 atom stereocenters. The number of hydrogen-bond donors (Lipinski definition) is 0. The highest BCUT2D eigenvalue weighted by atomic mass is 32.1. The zero-order valence-corrected chi connectivity index (χ0v) is 20.8. The lowest BCUT2D eigenvalue weighted by atomic mass is 9.84. The Labute approximate surface area is 218 Å². The minimum absolute atomic E-state index is 0.265. The molecular weight excluding hydrogens is 487 g/mol. The summed E-state index contributed by atoms with van der Waals surface area (Å²) in [5.41, 5.74) is 5.46. The molecule has 6 rings (SSSR count). The molecule has 0 N–H and O–H groups in total. The van der Waals surface area contributed by atoms with Crippen LogP contribution in [0.15, 0.2) is 114 Å². The number of fused-ring (bicyclic) bond motifs is 2. The maximum atomic E-state index is 14.4. The van der Waals surface area contributed by atoms with Gasteiger partial charge in [0.1, 0.15) is 0 Å². The first kappa shape index (κ1) is 23.6. The Morgan fingerprint density at radius 3 is 2.22 bits per heavy atom. The SMILES string of the molecule is FC(F)(F)c1cccc2c1N(Cc1csc3ccccc13)CC(Cc1ccccc1)=C2c1ccccc1. The molecule has 0 amide bonds. The van der Waals surface area contributed by atoms with E-state index in [4.69, 9.17) is 0 Å². The topological polar surface area (TPSA) is 3.24 Å². The smallest absolute Gasteiger partial charge is 0.362 e. The molecule has 184 valence electrons. The standard InChI is InChI=1S/C32H24F3NS/c33-32(34,35)28-16-9-15-27-30(23-12-5-2-6-13-23)24(18-22-10-3-1-4-11-22)19-36(31(27)28)20-25-21-37-29-17-8-7-14-26(25)29/h1-17,21H,18-20H2. The van der Waals surface area contributed by atoms with Crippen LogP contribution in [-0.4, -0.2) is 6.54 Å². The molecule has 0 saturated carbocycles. The van der Waals surface area contributed by atoms with E-state index in [1.807, 2.05) is 71.6 Å². The molecule has 37 heavy (non-hydrogen) atoms. The molecule has 0 spiro atoms. The summed E-state index contributed by atoms with van der Waals surface area (Å²) >= 11 is 1.63. The number of anilines is 1. The van der Waals surface area contributed by atoms with Crippen LogP contribution in [0.2, 0.25) is 0 Å². The van der Waals surface area contributed by atoms with Gasteiger partial charge >= 0.3 is 6.18 Å². The predicted molar refractivity (Wildman–Crippen MR) is 147 cm³/mol. The van der Waals surface area contributed by atoms with Gasteiger partial charge < -0.3 is 4.90 Å². The van der Waals surface area contributed by atoms with E-state index in [1.54, 1.807) is 11.3 Å². The zero-order valence-electron chi connectivity index (χ0n) is 20.0. The van der Waals surface area contributed by atoms with Gasteiger partial charge in [-0.15, -0.1) is 11.3 Å². The quantitative estimate of drug-likeness (QED) is 0.228. The van der Waals surface area contributed by atoms with Crippen molar-refractivity contribution in [2.75, 3.05) is 11.4 Å². The Bertz CT molecular complexity index is 1580. The number of thiophene rings is 1. The Morgan fingerprint density at radius 1 is 0.757 bits per heavy atom. The summed E-state index contributed by atoms with van der Waals surface area (Å²) in [7, 11) is 0. The van der Waals surface area contributed by atoms with Crippen LogP contribution in [0, 0.1) is 0 Å². The molecule has 1 aliphatic rings. The van der Waals surface area contributed by atoms with E-state index >= 15 is 0 Å². The molecule has 0 aliphatic carbocycles. The summed E-state index contributed by atoms with van der Waals surface area (Å²) in [6, 6.07) is 32.6. The van der Waals surface area contributed by atoms with Gasteiger partial charge in [0.05, 0.1) is 11.3 Å². The van der Waals surface area contributed by atoms with Gasteiger partial charge in [-0.2, -0.15) is 13.2 Å². The molecule has 1 aliphatic heterocycles. The number of hydrogen-bond acceptors (Lipinski definition) is 2. The maximum Gasteiger partial charge on any atom is 0.418 e. The second-order valence-electron chi connectivity index (χ2n) is 9.32. The number of alkyl halides is 3. The van der Waals surface area contributed by atoms with Crippen LogP contribution in [-0.2, 0) is 19.1 Å². The predicted octanol–water partition coefficient (Wildman–Crippen LogP) is 8.98. The van der Waals surface area contributed by atoms with Crippen molar-refractivity contribution in [3.8, 4) is 0 Å². The highest BCUT2D eigenvalue weighted by molar-refractivity contribution is 7.17. The van der Waals surface area contributed by atoms with Crippen LogP contribution >= 0.6 is 11.3 Å². The number of rotatable bonds is 5. The van der Waals surface area contributed by atoms with Gasteiger partial charge in [-0.05, 0) is 57.2 Å². The fourth-order valence-corrected chi connectivity index (χ4v) is 6.29. The van der Waals surface area contributed by atoms with E-state index in [9.17, 15) is 13.2 Å². The molecule has 1 nitrogen and oxygen atoms in total. The number of para-hydroxylation sites is 1. The molecule has 2 heterocycles. The first-order valence-electron chi connectivity index (χ1n) is 12.2. The fraction of sp³-hybridized carbons (Fsp3) is 0.125. The molecule has 0 saturated heterocycles. The maximum absolute atomic E-state index is 14.4. The highest BCUT2D eigenvalue weighted by Crippen LogP contribution is 2.47. The van der Waals surface area contributed by atoms with Crippen LogP contribution in [0.3, 0.4) is 0 Å². The van der Waals surface area contributed by atoms with Crippen molar-refractivity contribution < 1.29 is 13.2 Å². The highest BCUT2D eigenvalue weighted by Gasteiger charge is 2.38. The normalized spacial score (nSPS) is 13.8. The van der Waals surface area contributed by atoms with Crippen LogP contribution < -0.4 is 4.90 Å². The summed E-state index contributed by atoms with van der Waals surface area (Å²) in [5, 5.41) is 3.18. The monoisotopic (exact) mass is 511 g/mol. The fourth-order valence-electron chi connectivity index (χ4n) is 5.34. The van der Waals surface area contributed by atoms with E-state index in [-0.39, 0.29) is 5.69 Å². The van der Waals surface area contributed by atoms with Crippen LogP contribution in [0.5, 0.6) is 0 Å². The summed E-state index contributed by atoms with van der Waals surface area (Å²) in [5.74, 6) is 0. The largest absolute Gasteiger partial charge is 0.418 e. The average Bonchev–Trinajstić information content (AvgIpc) is 3.32. The molecule has 0 fully saturated rings. The van der Waals surface area contributed by atoms with Crippen molar-refractivity contribution in [1.82, 2.24) is 0 Å². The van der Waals surface area contributed by atoms with Gasteiger partial charge in [-0.1, -0.05) is 91.0 Å². The third kappa shape index (κ3) is 4.56. The summed E-state index contributed by atoms with van der Waals surface area (Å²) < 4.78 is 44.4. The van der Waals surface area contributed by atoms with Gasteiger partial charge in [-0.3, -0.25) is 0 Å². The van der Waals surface area contributed by atoms with E-state index < -0.39 is 11.7 Å². The first-order chi connectivity index (χ1) is 18.0. The Morgan fingerprint density at radius 2 is 1.46 bits per heavy atom. The van der Waals surface area contributed by atoms with Crippen LogP contribution in [0.4, 0.5) is 18.9 Å². The third-order valence-corrected chi connectivity index (χ3v) is 7.92. The van der Waals surface area contributed by atoms with E-state index in [1.165, 1.54) is 12.1 Å². The summed E-state index contributed by atoms with van der Waals surface area (Å²) in [4.78, 5) is 1.93. The second kappa shape index (κ2) is 9.56. The summed E-state index contributed by atoms with van der Waals surface area (Å²) in [6.07, 6.45) is -3.79. The lowest BCUT2D eigenvalue weighted by Crippen LogP contribution is -2.32. The zero-order chi connectivity index (χ0) is 25.4. The van der Waals surface area contributed by atoms with E-state index in [0.29, 0.717) is 25.1 Å². The van der Waals surface area contributed by atoms with Crippen molar-refractivity contribution >= 4 is 32.7 Å². The molecule has 1 aromatic heterocycles. The van der Waals surface area contributed by atoms with E-state index in [2.05, 4.69) is 29.6 Å². The lowest BCUT2D eigenvalue weighted by Gasteiger charge is -2.37. The average molecular weight is 512 g/mol. The van der Waals surface area contributed by atoms with Gasteiger partial charge in [0, 0.05) is 23.4 Å². The molecular formula is C32H24F3NS. The van der Waals surface area contributed by atoms with Gasteiger partial charge in [0.25, 0.3) is 0 Å². The molecule has 5 heteroatoms. The molecule has 0 unspecified atom stereocenters. The van der Waals surface area contributed by atoms with Gasteiger partial charge in [-0.25, -0.2) is 0 Å². The number of benzene rings is 4. The number of nitrogens with zero attached hydrogens (tertiary/aromatic N) is 1. The minimum atomic E-state index is -4.46. The van der Waals surface area contributed by atoms with Crippen molar-refractivity contribution in [3.05, 3.63) is 142 Å². The third-order valence-electron chi connectivity index (χ3n) is 6.91. The summed E-state index contributed by atoms with van der Waals surface area (Å²) in [6.45, 7) is 0.827. The molecule has 5 aromatic rings. The molecule has 0 bridgehead atoms. The van der Waals surface area contributed by atoms with Crippen molar-refractivity contribution in [3.63, 3.8) is 0 Å². The minimum Gasteiger partial charge on any atom is -0.362 e. The van der Waals surface area contributed by atoms with Crippen LogP contribution in [0.1, 0.15) is 27.8 Å². The lowest BCUT2D eigenvalue weighted by molar-refractivity contribution is -0.137. The second-order valence-corrected chi connectivity index (χ2v) is 10.2. The number of halogens is 3.